The molecule has 0 bridgehead atoms. The van der Waals surface area contributed by atoms with E-state index in [2.05, 4.69) is 4.98 Å². The number of ether oxygens (including phenoxy) is 1. The number of hydrogen-bond acceptors (Lipinski definition) is 3. The minimum Gasteiger partial charge on any atom is -0.477 e. The van der Waals surface area contributed by atoms with Crippen LogP contribution >= 0.6 is 0 Å². The third kappa shape index (κ3) is 2.81. The Morgan fingerprint density at radius 1 is 1.33 bits per heavy atom. The molecular weight excluding hydrogens is 230 g/mol. The number of aryl methyl sites for hydroxylation is 2. The van der Waals surface area contributed by atoms with E-state index in [1.807, 2.05) is 6.92 Å². The Kier molecular flexibility index (Phi) is 3.84. The zero-order chi connectivity index (χ0) is 13.1. The van der Waals surface area contributed by atoms with Gasteiger partial charge in [0.1, 0.15) is 11.7 Å². The third-order valence-corrected chi connectivity index (χ3v) is 3.36. The number of pyridine rings is 1. The van der Waals surface area contributed by atoms with E-state index < -0.39 is 5.97 Å². The number of nitrogens with zero attached hydrogens (tertiary/aromatic N) is 1. The van der Waals surface area contributed by atoms with Gasteiger partial charge in [0, 0.05) is 5.69 Å². The van der Waals surface area contributed by atoms with Crippen molar-refractivity contribution >= 4 is 5.97 Å². The molecule has 1 fully saturated rings. The molecule has 0 spiro atoms. The van der Waals surface area contributed by atoms with Crippen molar-refractivity contribution in [3.8, 4) is 5.88 Å². The number of hydrogen-bond donors (Lipinski definition) is 1. The van der Waals surface area contributed by atoms with Crippen molar-refractivity contribution in [1.29, 1.82) is 0 Å². The lowest BCUT2D eigenvalue weighted by Crippen LogP contribution is -2.22. The molecular formula is C14H19NO3. The molecule has 4 heteroatoms. The van der Waals surface area contributed by atoms with Gasteiger partial charge < -0.3 is 9.84 Å². The highest BCUT2D eigenvalue weighted by atomic mass is 16.5. The van der Waals surface area contributed by atoms with Crippen LogP contribution in [0.4, 0.5) is 0 Å². The van der Waals surface area contributed by atoms with Crippen LogP contribution in [0.25, 0.3) is 0 Å². The number of carbonyl (C=O) groups is 1. The summed E-state index contributed by atoms with van der Waals surface area (Å²) in [5.74, 6) is -0.683. The molecule has 4 nitrogen and oxygen atoms in total. The minimum absolute atomic E-state index is 0.116. The average molecular weight is 249 g/mol. The molecule has 0 saturated heterocycles. The van der Waals surface area contributed by atoms with E-state index in [1.165, 1.54) is 6.42 Å². The maximum Gasteiger partial charge on any atom is 0.341 e. The molecule has 98 valence electrons. The van der Waals surface area contributed by atoms with Gasteiger partial charge in [-0.1, -0.05) is 6.42 Å². The zero-order valence-corrected chi connectivity index (χ0v) is 10.9. The highest BCUT2D eigenvalue weighted by molar-refractivity contribution is 5.91. The second-order valence-corrected chi connectivity index (χ2v) is 4.94. The molecule has 0 atom stereocenters. The van der Waals surface area contributed by atoms with E-state index in [0.717, 1.165) is 31.4 Å². The largest absolute Gasteiger partial charge is 0.477 e. The molecule has 0 aromatic carbocycles. The van der Waals surface area contributed by atoms with Crippen molar-refractivity contribution in [2.75, 3.05) is 0 Å². The molecule has 1 aromatic rings. The fourth-order valence-electron chi connectivity index (χ4n) is 2.49. The summed E-state index contributed by atoms with van der Waals surface area (Å²) in [6, 6.07) is 1.77. The smallest absolute Gasteiger partial charge is 0.341 e. The third-order valence-electron chi connectivity index (χ3n) is 3.36. The Bertz CT molecular complexity index is 451. The lowest BCUT2D eigenvalue weighted by atomic mass is 9.98. The van der Waals surface area contributed by atoms with Crippen LogP contribution < -0.4 is 4.74 Å². The summed E-state index contributed by atoms with van der Waals surface area (Å²) in [4.78, 5) is 15.5. The fourth-order valence-corrected chi connectivity index (χ4v) is 2.49. The molecule has 2 rings (SSSR count). The van der Waals surface area contributed by atoms with Gasteiger partial charge >= 0.3 is 5.97 Å². The molecule has 1 aliphatic carbocycles. The van der Waals surface area contributed by atoms with Crippen LogP contribution in [0.2, 0.25) is 0 Å². The predicted octanol–water partition coefficient (Wildman–Crippen LogP) is 3.11. The molecule has 1 heterocycles. The first-order valence-corrected chi connectivity index (χ1v) is 6.46. The van der Waals surface area contributed by atoms with Gasteiger partial charge in [-0.25, -0.2) is 9.78 Å². The monoisotopic (exact) mass is 249 g/mol. The summed E-state index contributed by atoms with van der Waals surface area (Å²) in [6.07, 6.45) is 5.65. The van der Waals surface area contributed by atoms with Crippen molar-refractivity contribution in [3.05, 3.63) is 22.9 Å². The highest BCUT2D eigenvalue weighted by Gasteiger charge is 2.21. The molecule has 1 N–H and O–H groups in total. The molecule has 0 amide bonds. The van der Waals surface area contributed by atoms with Crippen LogP contribution in [0.5, 0.6) is 5.88 Å². The van der Waals surface area contributed by atoms with Gasteiger partial charge in [-0.2, -0.15) is 0 Å². The quantitative estimate of drug-likeness (QED) is 0.894. The topological polar surface area (TPSA) is 59.4 Å². The number of aromatic carboxylic acids is 1. The van der Waals surface area contributed by atoms with Crippen LogP contribution in [0.1, 0.15) is 53.7 Å². The summed E-state index contributed by atoms with van der Waals surface area (Å²) in [5.41, 5.74) is 1.70. The van der Waals surface area contributed by atoms with Gasteiger partial charge in [0.15, 0.2) is 0 Å². The van der Waals surface area contributed by atoms with Crippen molar-refractivity contribution < 1.29 is 14.6 Å². The van der Waals surface area contributed by atoms with E-state index in [0.29, 0.717) is 5.56 Å². The van der Waals surface area contributed by atoms with Gasteiger partial charge in [0.2, 0.25) is 5.88 Å². The maximum atomic E-state index is 11.3. The van der Waals surface area contributed by atoms with E-state index in [1.54, 1.807) is 13.0 Å². The summed E-state index contributed by atoms with van der Waals surface area (Å²) in [6.45, 7) is 3.64. The summed E-state index contributed by atoms with van der Waals surface area (Å²) < 4.78 is 5.82. The van der Waals surface area contributed by atoms with Crippen LogP contribution in [0, 0.1) is 13.8 Å². The number of carboxylic acid groups (broad SMARTS) is 1. The maximum absolute atomic E-state index is 11.3. The molecule has 18 heavy (non-hydrogen) atoms. The zero-order valence-electron chi connectivity index (χ0n) is 10.9. The van der Waals surface area contributed by atoms with E-state index in [9.17, 15) is 9.90 Å². The van der Waals surface area contributed by atoms with Gasteiger partial charge in [-0.15, -0.1) is 0 Å². The van der Waals surface area contributed by atoms with E-state index >= 15 is 0 Å². The molecule has 0 aliphatic heterocycles. The van der Waals surface area contributed by atoms with Crippen molar-refractivity contribution in [1.82, 2.24) is 4.98 Å². The first kappa shape index (κ1) is 12.9. The first-order chi connectivity index (χ1) is 8.58. The van der Waals surface area contributed by atoms with Crippen molar-refractivity contribution in [2.24, 2.45) is 0 Å². The van der Waals surface area contributed by atoms with E-state index in [4.69, 9.17) is 4.74 Å². The second-order valence-electron chi connectivity index (χ2n) is 4.94. The molecule has 1 saturated carbocycles. The van der Waals surface area contributed by atoms with Gasteiger partial charge in [0.25, 0.3) is 0 Å². The second kappa shape index (κ2) is 5.38. The standard InChI is InChI=1S/C14H19NO3/c1-9-8-10(2)15-13(12(9)14(16)17)18-11-6-4-3-5-7-11/h8,11H,3-7H2,1-2H3,(H,16,17). The highest BCUT2D eigenvalue weighted by Crippen LogP contribution is 2.26. The van der Waals surface area contributed by atoms with Crippen LogP contribution in [-0.4, -0.2) is 22.2 Å². The van der Waals surface area contributed by atoms with Crippen molar-refractivity contribution in [2.45, 2.75) is 52.1 Å². The van der Waals surface area contributed by atoms with Crippen LogP contribution in [-0.2, 0) is 0 Å². The van der Waals surface area contributed by atoms with Crippen LogP contribution in [0.15, 0.2) is 6.07 Å². The Morgan fingerprint density at radius 3 is 2.61 bits per heavy atom. The molecule has 0 radical (unpaired) electrons. The lowest BCUT2D eigenvalue weighted by molar-refractivity contribution is 0.0682. The summed E-state index contributed by atoms with van der Waals surface area (Å²) in [7, 11) is 0. The fraction of sp³-hybridized carbons (Fsp3) is 0.571. The Morgan fingerprint density at radius 2 is 2.00 bits per heavy atom. The van der Waals surface area contributed by atoms with Gasteiger partial charge in [-0.3, -0.25) is 0 Å². The average Bonchev–Trinajstić information content (AvgIpc) is 2.28. The SMILES string of the molecule is Cc1cc(C)c(C(=O)O)c(OC2CCCCC2)n1. The molecule has 1 aromatic heterocycles. The Balaban J connectivity index is 2.27. The minimum atomic E-state index is -0.967. The van der Waals surface area contributed by atoms with E-state index in [-0.39, 0.29) is 17.5 Å². The number of rotatable bonds is 3. The van der Waals surface area contributed by atoms with Gasteiger partial charge in [0.05, 0.1) is 0 Å². The Labute approximate surface area is 107 Å². The Hall–Kier alpha value is -1.58. The molecule has 0 unspecified atom stereocenters. The normalized spacial score (nSPS) is 16.6. The summed E-state index contributed by atoms with van der Waals surface area (Å²) in [5, 5.41) is 9.25. The molecule has 1 aliphatic rings. The number of aromatic nitrogens is 1. The lowest BCUT2D eigenvalue weighted by Gasteiger charge is -2.23. The van der Waals surface area contributed by atoms with Crippen LogP contribution in [0.3, 0.4) is 0 Å². The van der Waals surface area contributed by atoms with Gasteiger partial charge in [-0.05, 0) is 51.2 Å². The first-order valence-electron chi connectivity index (χ1n) is 6.46. The van der Waals surface area contributed by atoms with Crippen molar-refractivity contribution in [3.63, 3.8) is 0 Å². The summed E-state index contributed by atoms with van der Waals surface area (Å²) >= 11 is 0. The number of carboxylic acids is 1. The predicted molar refractivity (Wildman–Crippen MR) is 68.2 cm³/mol.